The third-order valence-corrected chi connectivity index (χ3v) is 3.66. The molecular weight excluding hydrogens is 314 g/mol. The molecule has 5 nitrogen and oxygen atoms in total. The number of aliphatic hydroxyl groups excluding tert-OH is 1. The van der Waals surface area contributed by atoms with Crippen LogP contribution in [0.4, 0.5) is 5.82 Å². The van der Waals surface area contributed by atoms with Crippen LogP contribution in [0.5, 0.6) is 0 Å². The van der Waals surface area contributed by atoms with E-state index >= 15 is 0 Å². The molecule has 3 N–H and O–H groups in total. The number of nitrogens with zero attached hydrogens (tertiary/aromatic N) is 1. The summed E-state index contributed by atoms with van der Waals surface area (Å²) >= 11 is 5.97. The monoisotopic (exact) mass is 333 g/mol. The van der Waals surface area contributed by atoms with Crippen molar-refractivity contribution in [3.8, 4) is 0 Å². The maximum absolute atomic E-state index is 11.9. The van der Waals surface area contributed by atoms with Crippen molar-refractivity contribution in [2.45, 2.75) is 19.4 Å². The standard InChI is InChI=1S/C17H20ClN3O2/c1-12-7-8-15(21-11-12)19-9-4-10-20-17(23)16(22)13-5-2-3-6-14(13)18/h2-3,5-8,11,16,22H,4,9-10H2,1H3,(H,19,21)(H,20,23)/t16-/m1/s1. The second-order valence-corrected chi connectivity index (χ2v) is 5.62. The molecule has 1 aromatic carbocycles. The van der Waals surface area contributed by atoms with Gasteiger partial charge < -0.3 is 15.7 Å². The van der Waals surface area contributed by atoms with Gasteiger partial charge in [-0.3, -0.25) is 4.79 Å². The lowest BCUT2D eigenvalue weighted by atomic mass is 10.1. The average molecular weight is 334 g/mol. The predicted octanol–water partition coefficient (Wildman–Crippen LogP) is 2.70. The number of aryl methyl sites for hydroxylation is 1. The van der Waals surface area contributed by atoms with Crippen molar-refractivity contribution in [3.05, 3.63) is 58.7 Å². The van der Waals surface area contributed by atoms with Crippen LogP contribution in [0.15, 0.2) is 42.6 Å². The van der Waals surface area contributed by atoms with E-state index in [9.17, 15) is 9.90 Å². The number of hydrogen-bond acceptors (Lipinski definition) is 4. The number of carbonyl (C=O) groups excluding carboxylic acids is 1. The highest BCUT2D eigenvalue weighted by atomic mass is 35.5. The fourth-order valence-corrected chi connectivity index (χ4v) is 2.26. The largest absolute Gasteiger partial charge is 0.378 e. The molecule has 0 radical (unpaired) electrons. The number of aromatic nitrogens is 1. The van der Waals surface area contributed by atoms with Gasteiger partial charge >= 0.3 is 0 Å². The van der Waals surface area contributed by atoms with E-state index < -0.39 is 12.0 Å². The summed E-state index contributed by atoms with van der Waals surface area (Å²) in [7, 11) is 0. The fraction of sp³-hybridized carbons (Fsp3) is 0.294. The molecule has 2 rings (SSSR count). The Hall–Kier alpha value is -2.11. The van der Waals surface area contributed by atoms with Crippen LogP contribution in [0, 0.1) is 6.92 Å². The molecule has 0 saturated carbocycles. The van der Waals surface area contributed by atoms with Gasteiger partial charge in [-0.05, 0) is 31.0 Å². The van der Waals surface area contributed by atoms with Gasteiger partial charge in [0, 0.05) is 29.9 Å². The average Bonchev–Trinajstić information content (AvgIpc) is 2.56. The number of carbonyl (C=O) groups is 1. The van der Waals surface area contributed by atoms with Gasteiger partial charge in [0.2, 0.25) is 0 Å². The third kappa shape index (κ3) is 5.23. The van der Waals surface area contributed by atoms with E-state index in [0.717, 1.165) is 17.8 Å². The summed E-state index contributed by atoms with van der Waals surface area (Å²) in [5, 5.41) is 16.3. The summed E-state index contributed by atoms with van der Waals surface area (Å²) in [6.07, 6.45) is 1.26. The van der Waals surface area contributed by atoms with Gasteiger partial charge in [0.15, 0.2) is 6.10 Å². The van der Waals surface area contributed by atoms with Crippen LogP contribution in [-0.4, -0.2) is 29.1 Å². The second-order valence-electron chi connectivity index (χ2n) is 5.22. The minimum absolute atomic E-state index is 0.377. The fourth-order valence-electron chi connectivity index (χ4n) is 2.02. The Kier molecular flexibility index (Phi) is 6.38. The normalized spacial score (nSPS) is 11.8. The number of halogens is 1. The van der Waals surface area contributed by atoms with E-state index in [0.29, 0.717) is 23.7 Å². The summed E-state index contributed by atoms with van der Waals surface area (Å²) in [6, 6.07) is 10.7. The molecular formula is C17H20ClN3O2. The van der Waals surface area contributed by atoms with E-state index in [-0.39, 0.29) is 0 Å². The molecule has 23 heavy (non-hydrogen) atoms. The quantitative estimate of drug-likeness (QED) is 0.681. The number of amides is 1. The van der Waals surface area contributed by atoms with Crippen molar-refractivity contribution in [2.24, 2.45) is 0 Å². The first-order valence-corrected chi connectivity index (χ1v) is 7.82. The molecule has 0 fully saturated rings. The van der Waals surface area contributed by atoms with Gasteiger partial charge in [-0.2, -0.15) is 0 Å². The van der Waals surface area contributed by atoms with E-state index in [2.05, 4.69) is 15.6 Å². The lowest BCUT2D eigenvalue weighted by Gasteiger charge is -2.13. The molecule has 0 aliphatic rings. The van der Waals surface area contributed by atoms with Crippen LogP contribution >= 0.6 is 11.6 Å². The zero-order valence-corrected chi connectivity index (χ0v) is 13.7. The molecule has 0 aliphatic heterocycles. The summed E-state index contributed by atoms with van der Waals surface area (Å²) in [5.74, 6) is 0.351. The summed E-state index contributed by atoms with van der Waals surface area (Å²) < 4.78 is 0. The Balaban J connectivity index is 1.70. The first kappa shape index (κ1) is 17.2. The summed E-state index contributed by atoms with van der Waals surface area (Å²) in [4.78, 5) is 16.1. The van der Waals surface area contributed by atoms with Gasteiger partial charge in [-0.15, -0.1) is 0 Å². The molecule has 1 atom stereocenters. The van der Waals surface area contributed by atoms with Crippen molar-refractivity contribution in [1.82, 2.24) is 10.3 Å². The molecule has 0 saturated heterocycles. The number of nitrogens with one attached hydrogen (secondary N) is 2. The van der Waals surface area contributed by atoms with Crippen LogP contribution in [-0.2, 0) is 4.79 Å². The molecule has 1 amide bonds. The lowest BCUT2D eigenvalue weighted by Crippen LogP contribution is -2.31. The van der Waals surface area contributed by atoms with Crippen LogP contribution in [0.25, 0.3) is 0 Å². The first-order valence-electron chi connectivity index (χ1n) is 7.44. The highest BCUT2D eigenvalue weighted by Crippen LogP contribution is 2.22. The number of rotatable bonds is 7. The number of benzene rings is 1. The molecule has 0 unspecified atom stereocenters. The Bertz CT molecular complexity index is 647. The number of pyridine rings is 1. The summed E-state index contributed by atoms with van der Waals surface area (Å²) in [5.41, 5.74) is 1.52. The van der Waals surface area contributed by atoms with E-state index in [1.165, 1.54) is 0 Å². The highest BCUT2D eigenvalue weighted by molar-refractivity contribution is 6.31. The van der Waals surface area contributed by atoms with Crippen LogP contribution < -0.4 is 10.6 Å². The number of hydrogen-bond donors (Lipinski definition) is 3. The SMILES string of the molecule is Cc1ccc(NCCCNC(=O)[C@H](O)c2ccccc2Cl)nc1. The molecule has 6 heteroatoms. The molecule has 122 valence electrons. The Morgan fingerprint density at radius 3 is 2.74 bits per heavy atom. The van der Waals surface area contributed by atoms with E-state index in [4.69, 9.17) is 11.6 Å². The van der Waals surface area contributed by atoms with Gasteiger partial charge in [0.1, 0.15) is 5.82 Å². The maximum Gasteiger partial charge on any atom is 0.253 e. The molecule has 1 aromatic heterocycles. The Labute approximate surface area is 140 Å². The van der Waals surface area contributed by atoms with E-state index in [1.807, 2.05) is 19.1 Å². The van der Waals surface area contributed by atoms with Gasteiger partial charge in [-0.25, -0.2) is 4.98 Å². The van der Waals surface area contributed by atoms with Gasteiger partial charge in [-0.1, -0.05) is 35.9 Å². The zero-order valence-electron chi connectivity index (χ0n) is 12.9. The molecule has 0 bridgehead atoms. The third-order valence-electron chi connectivity index (χ3n) is 3.32. The Morgan fingerprint density at radius 2 is 2.04 bits per heavy atom. The first-order chi connectivity index (χ1) is 11.1. The smallest absolute Gasteiger partial charge is 0.253 e. The second kappa shape index (κ2) is 8.50. The van der Waals surface area contributed by atoms with E-state index in [1.54, 1.807) is 30.5 Å². The van der Waals surface area contributed by atoms with Gasteiger partial charge in [0.25, 0.3) is 5.91 Å². The Morgan fingerprint density at radius 1 is 1.26 bits per heavy atom. The predicted molar refractivity (Wildman–Crippen MR) is 91.5 cm³/mol. The van der Waals surface area contributed by atoms with Crippen molar-refractivity contribution < 1.29 is 9.90 Å². The van der Waals surface area contributed by atoms with Crippen LogP contribution in [0.3, 0.4) is 0 Å². The molecule has 0 aliphatic carbocycles. The molecule has 2 aromatic rings. The lowest BCUT2D eigenvalue weighted by molar-refractivity contribution is -0.129. The van der Waals surface area contributed by atoms with Crippen LogP contribution in [0.2, 0.25) is 5.02 Å². The minimum Gasteiger partial charge on any atom is -0.378 e. The summed E-state index contributed by atoms with van der Waals surface area (Å²) in [6.45, 7) is 3.12. The highest BCUT2D eigenvalue weighted by Gasteiger charge is 2.18. The van der Waals surface area contributed by atoms with Gasteiger partial charge in [0.05, 0.1) is 0 Å². The maximum atomic E-state index is 11.9. The number of aliphatic hydroxyl groups is 1. The van der Waals surface area contributed by atoms with Crippen molar-refractivity contribution in [1.29, 1.82) is 0 Å². The minimum atomic E-state index is -1.25. The zero-order chi connectivity index (χ0) is 16.7. The molecule has 1 heterocycles. The van der Waals surface area contributed by atoms with Crippen molar-refractivity contribution >= 4 is 23.3 Å². The number of anilines is 1. The topological polar surface area (TPSA) is 74.2 Å². The van der Waals surface area contributed by atoms with Crippen molar-refractivity contribution in [2.75, 3.05) is 18.4 Å². The molecule has 0 spiro atoms. The van der Waals surface area contributed by atoms with Crippen LogP contribution in [0.1, 0.15) is 23.7 Å². The van der Waals surface area contributed by atoms with Crippen molar-refractivity contribution in [3.63, 3.8) is 0 Å².